The van der Waals surface area contributed by atoms with Crippen LogP contribution in [0.3, 0.4) is 0 Å². The first-order valence-electron chi connectivity index (χ1n) is 5.20. The number of fused-ring (bicyclic) bond motifs is 2. The van der Waals surface area contributed by atoms with Gasteiger partial charge in [-0.15, -0.1) is 0 Å². The van der Waals surface area contributed by atoms with E-state index >= 15 is 0 Å². The van der Waals surface area contributed by atoms with E-state index in [0.29, 0.717) is 23.9 Å². The topological polar surface area (TPSA) is 48.1 Å². The van der Waals surface area contributed by atoms with Crippen LogP contribution in [0.15, 0.2) is 18.3 Å². The predicted octanol–water partition coefficient (Wildman–Crippen LogP) is 1.70. The lowest BCUT2D eigenvalue weighted by molar-refractivity contribution is 0.101. The molecular weight excluding hydrogens is 176 g/mol. The van der Waals surface area contributed by atoms with Crippen molar-refractivity contribution in [3.63, 3.8) is 0 Å². The van der Waals surface area contributed by atoms with Gasteiger partial charge in [-0.1, -0.05) is 6.07 Å². The zero-order chi connectivity index (χ0) is 9.54. The molecule has 1 aromatic heterocycles. The summed E-state index contributed by atoms with van der Waals surface area (Å²) in [5.41, 5.74) is 6.84. The van der Waals surface area contributed by atoms with Crippen molar-refractivity contribution in [1.82, 2.24) is 4.98 Å². The zero-order valence-electron chi connectivity index (χ0n) is 8.02. The molecule has 2 aliphatic rings. The second kappa shape index (κ2) is 2.95. The van der Waals surface area contributed by atoms with Gasteiger partial charge in [0.15, 0.2) is 0 Å². The van der Waals surface area contributed by atoms with Crippen LogP contribution in [0.1, 0.15) is 30.7 Å². The Morgan fingerprint density at radius 1 is 1.36 bits per heavy atom. The minimum Gasteiger partial charge on any atom is -0.384 e. The second-order valence-corrected chi connectivity index (χ2v) is 4.23. The fraction of sp³-hybridized carbons (Fsp3) is 0.545. The second-order valence-electron chi connectivity index (χ2n) is 4.23. The van der Waals surface area contributed by atoms with Gasteiger partial charge in [-0.2, -0.15) is 0 Å². The van der Waals surface area contributed by atoms with Crippen molar-refractivity contribution in [2.24, 2.45) is 0 Å². The minimum atomic E-state index is 0.436. The molecule has 2 saturated heterocycles. The summed E-state index contributed by atoms with van der Waals surface area (Å²) >= 11 is 0. The summed E-state index contributed by atoms with van der Waals surface area (Å²) in [6.45, 7) is 0. The Kier molecular flexibility index (Phi) is 1.74. The molecule has 3 heteroatoms. The molecule has 3 atom stereocenters. The molecule has 2 bridgehead atoms. The fourth-order valence-corrected chi connectivity index (χ4v) is 2.62. The van der Waals surface area contributed by atoms with Crippen LogP contribution < -0.4 is 5.73 Å². The number of ether oxygens (including phenoxy) is 1. The van der Waals surface area contributed by atoms with Crippen molar-refractivity contribution in [2.45, 2.75) is 37.4 Å². The molecule has 1 aromatic rings. The molecule has 14 heavy (non-hydrogen) atoms. The number of anilines is 1. The third-order valence-corrected chi connectivity index (χ3v) is 3.34. The van der Waals surface area contributed by atoms with Gasteiger partial charge in [-0.05, 0) is 30.9 Å². The van der Waals surface area contributed by atoms with Crippen LogP contribution in [0.2, 0.25) is 0 Å². The van der Waals surface area contributed by atoms with Crippen molar-refractivity contribution < 1.29 is 4.74 Å². The van der Waals surface area contributed by atoms with E-state index in [2.05, 4.69) is 11.1 Å². The summed E-state index contributed by atoms with van der Waals surface area (Å²) in [5.74, 6) is 1.15. The van der Waals surface area contributed by atoms with Gasteiger partial charge in [0.1, 0.15) is 5.82 Å². The number of rotatable bonds is 1. The van der Waals surface area contributed by atoms with Crippen LogP contribution in [-0.2, 0) is 4.74 Å². The Morgan fingerprint density at radius 2 is 2.29 bits per heavy atom. The number of nitrogen functional groups attached to an aromatic ring is 1. The van der Waals surface area contributed by atoms with E-state index in [1.807, 2.05) is 12.3 Å². The van der Waals surface area contributed by atoms with Gasteiger partial charge in [0.25, 0.3) is 0 Å². The highest BCUT2D eigenvalue weighted by atomic mass is 16.5. The van der Waals surface area contributed by atoms with E-state index in [-0.39, 0.29) is 0 Å². The molecule has 0 aliphatic carbocycles. The van der Waals surface area contributed by atoms with Gasteiger partial charge in [0.05, 0.1) is 12.2 Å². The molecule has 0 radical (unpaired) electrons. The number of aromatic nitrogens is 1. The quantitative estimate of drug-likeness (QED) is 0.733. The molecule has 2 N–H and O–H groups in total. The molecule has 2 fully saturated rings. The molecule has 0 spiro atoms. The molecule has 0 aromatic carbocycles. The average molecular weight is 190 g/mol. The minimum absolute atomic E-state index is 0.436. The Balaban J connectivity index is 1.86. The third kappa shape index (κ3) is 1.20. The van der Waals surface area contributed by atoms with Crippen molar-refractivity contribution in [3.05, 3.63) is 23.9 Å². The molecule has 3 nitrogen and oxygen atoms in total. The van der Waals surface area contributed by atoms with Gasteiger partial charge in [0.2, 0.25) is 0 Å². The molecule has 0 saturated carbocycles. The van der Waals surface area contributed by atoms with Crippen molar-refractivity contribution >= 4 is 5.82 Å². The normalized spacial score (nSPS) is 35.0. The van der Waals surface area contributed by atoms with E-state index in [4.69, 9.17) is 10.5 Å². The highest BCUT2D eigenvalue weighted by molar-refractivity contribution is 5.32. The van der Waals surface area contributed by atoms with E-state index in [1.54, 1.807) is 0 Å². The van der Waals surface area contributed by atoms with Crippen LogP contribution >= 0.6 is 0 Å². The summed E-state index contributed by atoms with van der Waals surface area (Å²) in [6.07, 6.45) is 6.44. The summed E-state index contributed by atoms with van der Waals surface area (Å²) in [6, 6.07) is 3.96. The Morgan fingerprint density at radius 3 is 2.86 bits per heavy atom. The van der Waals surface area contributed by atoms with Crippen molar-refractivity contribution in [3.8, 4) is 0 Å². The number of hydrogen-bond acceptors (Lipinski definition) is 3. The molecule has 74 valence electrons. The third-order valence-electron chi connectivity index (χ3n) is 3.34. The van der Waals surface area contributed by atoms with Gasteiger partial charge in [-0.3, -0.25) is 0 Å². The molecule has 0 amide bonds. The molecule has 3 heterocycles. The van der Waals surface area contributed by atoms with E-state index in [0.717, 1.165) is 6.42 Å². The first kappa shape index (κ1) is 8.24. The summed E-state index contributed by atoms with van der Waals surface area (Å²) in [7, 11) is 0. The van der Waals surface area contributed by atoms with Crippen LogP contribution in [0.25, 0.3) is 0 Å². The fourth-order valence-electron chi connectivity index (χ4n) is 2.62. The highest BCUT2D eigenvalue weighted by Crippen LogP contribution is 2.44. The summed E-state index contributed by atoms with van der Waals surface area (Å²) in [5, 5.41) is 0. The lowest BCUT2D eigenvalue weighted by atomic mass is 9.85. The van der Waals surface area contributed by atoms with Gasteiger partial charge < -0.3 is 10.5 Å². The zero-order valence-corrected chi connectivity index (χ0v) is 8.02. The first-order valence-corrected chi connectivity index (χ1v) is 5.20. The maximum Gasteiger partial charge on any atom is 0.123 e. The highest BCUT2D eigenvalue weighted by Gasteiger charge is 2.41. The van der Waals surface area contributed by atoms with E-state index in [1.165, 1.54) is 18.4 Å². The Labute approximate surface area is 83.3 Å². The maximum absolute atomic E-state index is 5.81. The Bertz CT molecular complexity index is 336. The van der Waals surface area contributed by atoms with Gasteiger partial charge in [0, 0.05) is 12.1 Å². The lowest BCUT2D eigenvalue weighted by Gasteiger charge is -2.18. The smallest absolute Gasteiger partial charge is 0.123 e. The lowest BCUT2D eigenvalue weighted by Crippen LogP contribution is -2.14. The molecule has 3 rings (SSSR count). The van der Waals surface area contributed by atoms with Crippen LogP contribution in [-0.4, -0.2) is 17.2 Å². The van der Waals surface area contributed by atoms with E-state index in [9.17, 15) is 0 Å². The SMILES string of the molecule is Nc1ccc(C2CC3CCC2O3)cn1. The molecule has 2 aliphatic heterocycles. The van der Waals surface area contributed by atoms with Gasteiger partial charge >= 0.3 is 0 Å². The van der Waals surface area contributed by atoms with E-state index < -0.39 is 0 Å². The summed E-state index contributed by atoms with van der Waals surface area (Å²) in [4.78, 5) is 4.13. The average Bonchev–Trinajstić information content (AvgIpc) is 2.80. The molecule has 3 unspecified atom stereocenters. The standard InChI is InChI=1S/C11H14N2O/c12-11-4-1-7(6-13-11)9-5-8-2-3-10(9)14-8/h1,4,6,8-10H,2-3,5H2,(H2,12,13). The van der Waals surface area contributed by atoms with Crippen LogP contribution in [0, 0.1) is 0 Å². The van der Waals surface area contributed by atoms with Crippen LogP contribution in [0.4, 0.5) is 5.82 Å². The Hall–Kier alpha value is -1.09. The van der Waals surface area contributed by atoms with Gasteiger partial charge in [-0.25, -0.2) is 4.98 Å². The number of hydrogen-bond donors (Lipinski definition) is 1. The van der Waals surface area contributed by atoms with Crippen molar-refractivity contribution in [2.75, 3.05) is 5.73 Å². The summed E-state index contributed by atoms with van der Waals surface area (Å²) < 4.78 is 5.81. The molecular formula is C11H14N2O. The number of nitrogens with two attached hydrogens (primary N) is 1. The number of pyridine rings is 1. The first-order chi connectivity index (χ1) is 6.83. The maximum atomic E-state index is 5.81. The monoisotopic (exact) mass is 190 g/mol. The number of nitrogens with zero attached hydrogens (tertiary/aromatic N) is 1. The largest absolute Gasteiger partial charge is 0.384 e. The predicted molar refractivity (Wildman–Crippen MR) is 53.9 cm³/mol. The van der Waals surface area contributed by atoms with Crippen LogP contribution in [0.5, 0.6) is 0 Å². The van der Waals surface area contributed by atoms with Crippen molar-refractivity contribution in [1.29, 1.82) is 0 Å².